The summed E-state index contributed by atoms with van der Waals surface area (Å²) in [6.45, 7) is 1.62. The topological polar surface area (TPSA) is 50.4 Å². The van der Waals surface area contributed by atoms with E-state index >= 15 is 0 Å². The molecular weight excluding hydrogens is 180 g/mol. The zero-order valence-electron chi connectivity index (χ0n) is 8.84. The third kappa shape index (κ3) is 4.58. The molecule has 0 bridgehead atoms. The summed E-state index contributed by atoms with van der Waals surface area (Å²) in [5, 5.41) is 6.04. The molecule has 0 aromatic heterocycles. The van der Waals surface area contributed by atoms with E-state index in [-0.39, 0.29) is 5.91 Å². The Kier molecular flexibility index (Phi) is 5.56. The van der Waals surface area contributed by atoms with E-state index in [1.54, 1.807) is 7.11 Å². The van der Waals surface area contributed by atoms with Crippen LogP contribution in [-0.2, 0) is 9.53 Å². The highest BCUT2D eigenvalue weighted by molar-refractivity contribution is 5.77. The van der Waals surface area contributed by atoms with Crippen molar-refractivity contribution in [3.05, 3.63) is 0 Å². The van der Waals surface area contributed by atoms with E-state index in [1.807, 2.05) is 0 Å². The molecule has 0 aromatic rings. The highest BCUT2D eigenvalue weighted by Gasteiger charge is 2.14. The molecule has 1 saturated carbocycles. The summed E-state index contributed by atoms with van der Waals surface area (Å²) >= 11 is 0. The van der Waals surface area contributed by atoms with Crippen molar-refractivity contribution < 1.29 is 9.53 Å². The lowest BCUT2D eigenvalue weighted by Crippen LogP contribution is -2.39. The molecule has 0 aliphatic heterocycles. The summed E-state index contributed by atoms with van der Waals surface area (Å²) in [6.07, 6.45) is 5.02. The first-order valence-electron chi connectivity index (χ1n) is 5.32. The minimum absolute atomic E-state index is 0.0638. The average molecular weight is 200 g/mol. The van der Waals surface area contributed by atoms with Crippen LogP contribution in [0.15, 0.2) is 0 Å². The van der Waals surface area contributed by atoms with Gasteiger partial charge in [-0.3, -0.25) is 4.79 Å². The number of methoxy groups -OCH3 is 1. The number of carbonyl (C=O) groups is 1. The predicted octanol–water partition coefficient (Wildman–Crippen LogP) is 0.281. The van der Waals surface area contributed by atoms with E-state index in [4.69, 9.17) is 4.74 Å². The second kappa shape index (κ2) is 6.79. The molecule has 0 aromatic carbocycles. The molecule has 0 unspecified atom stereocenters. The Morgan fingerprint density at radius 2 is 2.14 bits per heavy atom. The third-order valence-corrected chi connectivity index (χ3v) is 2.53. The average Bonchev–Trinajstić information content (AvgIpc) is 2.68. The van der Waals surface area contributed by atoms with Gasteiger partial charge in [-0.25, -0.2) is 0 Å². The maximum absolute atomic E-state index is 11.2. The van der Waals surface area contributed by atoms with Crippen molar-refractivity contribution in [1.82, 2.24) is 10.6 Å². The van der Waals surface area contributed by atoms with Crippen molar-refractivity contribution in [2.45, 2.75) is 31.7 Å². The maximum Gasteiger partial charge on any atom is 0.234 e. The van der Waals surface area contributed by atoms with Crippen molar-refractivity contribution in [3.8, 4) is 0 Å². The molecule has 0 saturated heterocycles. The van der Waals surface area contributed by atoms with Crippen LogP contribution in [0.2, 0.25) is 0 Å². The summed E-state index contributed by atoms with van der Waals surface area (Å²) in [5.74, 6) is 0.0638. The van der Waals surface area contributed by atoms with Gasteiger partial charge >= 0.3 is 0 Å². The highest BCUT2D eigenvalue weighted by atomic mass is 16.5. The van der Waals surface area contributed by atoms with Crippen LogP contribution in [0.25, 0.3) is 0 Å². The second-order valence-electron chi connectivity index (χ2n) is 3.71. The van der Waals surface area contributed by atoms with Crippen LogP contribution < -0.4 is 10.6 Å². The van der Waals surface area contributed by atoms with Crippen LogP contribution in [0.1, 0.15) is 25.7 Å². The Balaban J connectivity index is 1.96. The monoisotopic (exact) mass is 200 g/mol. The first-order valence-corrected chi connectivity index (χ1v) is 5.32. The molecule has 0 heterocycles. The van der Waals surface area contributed by atoms with Gasteiger partial charge in [-0.2, -0.15) is 0 Å². The molecule has 1 amide bonds. The number of rotatable bonds is 6. The fourth-order valence-electron chi connectivity index (χ4n) is 1.72. The number of ether oxygens (including phenoxy) is 1. The van der Waals surface area contributed by atoms with E-state index in [0.717, 1.165) is 0 Å². The number of hydrogen-bond donors (Lipinski definition) is 2. The first kappa shape index (κ1) is 11.5. The van der Waals surface area contributed by atoms with E-state index < -0.39 is 0 Å². The molecule has 1 fully saturated rings. The van der Waals surface area contributed by atoms with E-state index in [0.29, 0.717) is 25.7 Å². The largest absolute Gasteiger partial charge is 0.383 e. The number of carbonyl (C=O) groups excluding carboxylic acids is 1. The van der Waals surface area contributed by atoms with Crippen molar-refractivity contribution in [2.75, 3.05) is 26.8 Å². The van der Waals surface area contributed by atoms with Crippen molar-refractivity contribution in [3.63, 3.8) is 0 Å². The Morgan fingerprint density at radius 1 is 1.43 bits per heavy atom. The highest BCUT2D eigenvalue weighted by Crippen LogP contribution is 2.16. The lowest BCUT2D eigenvalue weighted by atomic mass is 10.2. The van der Waals surface area contributed by atoms with Gasteiger partial charge in [-0.15, -0.1) is 0 Å². The van der Waals surface area contributed by atoms with Gasteiger partial charge in [0.25, 0.3) is 0 Å². The number of hydrogen-bond acceptors (Lipinski definition) is 3. The molecule has 1 aliphatic rings. The minimum Gasteiger partial charge on any atom is -0.383 e. The van der Waals surface area contributed by atoms with Gasteiger partial charge in [-0.1, -0.05) is 12.8 Å². The lowest BCUT2D eigenvalue weighted by molar-refractivity contribution is -0.120. The molecule has 14 heavy (non-hydrogen) atoms. The summed E-state index contributed by atoms with van der Waals surface area (Å²) < 4.78 is 4.84. The minimum atomic E-state index is 0.0638. The molecule has 0 atom stereocenters. The second-order valence-corrected chi connectivity index (χ2v) is 3.71. The summed E-state index contributed by atoms with van der Waals surface area (Å²) in [7, 11) is 1.63. The molecule has 82 valence electrons. The van der Waals surface area contributed by atoms with E-state index in [1.165, 1.54) is 25.7 Å². The Labute approximate surface area is 85.4 Å². The first-order chi connectivity index (χ1) is 6.83. The van der Waals surface area contributed by atoms with Gasteiger partial charge in [0.05, 0.1) is 13.2 Å². The van der Waals surface area contributed by atoms with Crippen molar-refractivity contribution >= 4 is 5.91 Å². The fourth-order valence-corrected chi connectivity index (χ4v) is 1.72. The van der Waals surface area contributed by atoms with E-state index in [2.05, 4.69) is 10.6 Å². The van der Waals surface area contributed by atoms with Crippen LogP contribution in [0.3, 0.4) is 0 Å². The van der Waals surface area contributed by atoms with Crippen LogP contribution in [0.4, 0.5) is 0 Å². The molecule has 4 heteroatoms. The normalized spacial score (nSPS) is 17.2. The molecular formula is C10H20N2O2. The zero-order valence-corrected chi connectivity index (χ0v) is 8.84. The summed E-state index contributed by atoms with van der Waals surface area (Å²) in [6, 6.07) is 0.558. The number of amides is 1. The van der Waals surface area contributed by atoms with Crippen LogP contribution in [0.5, 0.6) is 0 Å². The summed E-state index contributed by atoms with van der Waals surface area (Å²) in [5.41, 5.74) is 0. The van der Waals surface area contributed by atoms with E-state index in [9.17, 15) is 4.79 Å². The van der Waals surface area contributed by atoms with Gasteiger partial charge < -0.3 is 15.4 Å². The van der Waals surface area contributed by atoms with Crippen LogP contribution >= 0.6 is 0 Å². The van der Waals surface area contributed by atoms with Gasteiger partial charge in [0, 0.05) is 19.7 Å². The molecule has 1 aliphatic carbocycles. The quantitative estimate of drug-likeness (QED) is 0.606. The lowest BCUT2D eigenvalue weighted by Gasteiger charge is -2.11. The number of nitrogens with one attached hydrogen (secondary N) is 2. The Hall–Kier alpha value is -0.610. The Morgan fingerprint density at radius 3 is 2.79 bits per heavy atom. The fraction of sp³-hybridized carbons (Fsp3) is 0.900. The van der Waals surface area contributed by atoms with Gasteiger partial charge in [-0.05, 0) is 12.8 Å². The molecule has 2 N–H and O–H groups in total. The van der Waals surface area contributed by atoms with Gasteiger partial charge in [0.2, 0.25) is 5.91 Å². The SMILES string of the molecule is COCCNC(=O)CNC1CCCC1. The Bertz CT molecular complexity index is 168. The summed E-state index contributed by atoms with van der Waals surface area (Å²) in [4.78, 5) is 11.2. The van der Waals surface area contributed by atoms with Gasteiger partial charge in [0.1, 0.15) is 0 Å². The standard InChI is InChI=1S/C10H20N2O2/c1-14-7-6-11-10(13)8-12-9-4-2-3-5-9/h9,12H,2-8H2,1H3,(H,11,13). The predicted molar refractivity (Wildman–Crippen MR) is 55.1 cm³/mol. The third-order valence-electron chi connectivity index (χ3n) is 2.53. The molecule has 1 rings (SSSR count). The van der Waals surface area contributed by atoms with Crippen molar-refractivity contribution in [2.24, 2.45) is 0 Å². The smallest absolute Gasteiger partial charge is 0.234 e. The van der Waals surface area contributed by atoms with Crippen molar-refractivity contribution in [1.29, 1.82) is 0 Å². The molecule has 0 spiro atoms. The maximum atomic E-state index is 11.2. The van der Waals surface area contributed by atoms with Crippen LogP contribution in [0, 0.1) is 0 Å². The van der Waals surface area contributed by atoms with Crippen LogP contribution in [-0.4, -0.2) is 38.8 Å². The zero-order chi connectivity index (χ0) is 10.2. The molecule has 4 nitrogen and oxygen atoms in total. The van der Waals surface area contributed by atoms with Gasteiger partial charge in [0.15, 0.2) is 0 Å². The molecule has 0 radical (unpaired) electrons.